The molecule has 0 spiro atoms. The maximum Gasteiger partial charge on any atom is 0.326 e. The van der Waals surface area contributed by atoms with Crippen LogP contribution in [0.15, 0.2) is 63.3 Å². The Bertz CT molecular complexity index is 1340. The first-order valence-electron chi connectivity index (χ1n) is 9.55. The highest BCUT2D eigenvalue weighted by Gasteiger charge is 2.22. The molecule has 1 aliphatic rings. The highest BCUT2D eigenvalue weighted by Crippen LogP contribution is 2.16. The molecule has 6 N–H and O–H groups in total. The van der Waals surface area contributed by atoms with E-state index in [2.05, 4.69) is 21.5 Å². The Morgan fingerprint density at radius 2 is 1.61 bits per heavy atom. The maximum atomic E-state index is 12.6. The monoisotopic (exact) mass is 414 g/mol. The average Bonchev–Trinajstić information content (AvgIpc) is 3.27. The van der Waals surface area contributed by atoms with Crippen molar-refractivity contribution in [1.82, 2.24) is 14.5 Å². The van der Waals surface area contributed by atoms with Crippen molar-refractivity contribution >= 4 is 42.2 Å². The molecule has 156 valence electrons. The van der Waals surface area contributed by atoms with Crippen LogP contribution in [0.4, 0.5) is 11.4 Å². The lowest BCUT2D eigenvalue weighted by Gasteiger charge is -2.15. The largest absolute Gasteiger partial charge is 0.399 e. The summed E-state index contributed by atoms with van der Waals surface area (Å²) in [6.45, 7) is 4.91. The number of nitrogen functional groups attached to an aromatic ring is 2. The van der Waals surface area contributed by atoms with Gasteiger partial charge in [0, 0.05) is 11.4 Å². The molecule has 0 amide bonds. The maximum absolute atomic E-state index is 12.6. The third kappa shape index (κ3) is 4.01. The van der Waals surface area contributed by atoms with E-state index in [9.17, 15) is 4.79 Å². The van der Waals surface area contributed by atoms with E-state index < -0.39 is 0 Å². The van der Waals surface area contributed by atoms with Crippen LogP contribution in [0.2, 0.25) is 0 Å². The minimum absolute atomic E-state index is 0.300. The van der Waals surface area contributed by atoms with Crippen molar-refractivity contribution in [1.29, 1.82) is 5.41 Å². The van der Waals surface area contributed by atoms with Crippen LogP contribution in [0, 0.1) is 5.41 Å². The number of rotatable bonds is 5. The predicted octanol–water partition coefficient (Wildman–Crippen LogP) is 0.457. The van der Waals surface area contributed by atoms with E-state index in [0.29, 0.717) is 46.7 Å². The van der Waals surface area contributed by atoms with Gasteiger partial charge in [0.1, 0.15) is 12.0 Å². The Morgan fingerprint density at radius 3 is 2.19 bits per heavy atom. The standard InChI is InChI=1S/C22H22N8O/c1-14-19(28-22(31)30(14)11-16-4-8-18(25)9-5-16)20-21(26-12-23)29(13-27-20)10-15-2-6-17(24)7-3-15/h2-9,12-13,23H,1,10-11,24-25H2,(H,28,31). The van der Waals surface area contributed by atoms with Crippen LogP contribution in [0.1, 0.15) is 11.1 Å². The number of hydrogen-bond acceptors (Lipinski definition) is 5. The Hall–Kier alpha value is -4.40. The van der Waals surface area contributed by atoms with Crippen molar-refractivity contribution in [2.24, 2.45) is 9.98 Å². The fourth-order valence-electron chi connectivity index (χ4n) is 3.36. The van der Waals surface area contributed by atoms with Gasteiger partial charge in [-0.05, 0) is 35.4 Å². The lowest BCUT2D eigenvalue weighted by Crippen LogP contribution is -2.35. The van der Waals surface area contributed by atoms with Crippen molar-refractivity contribution in [2.45, 2.75) is 13.1 Å². The van der Waals surface area contributed by atoms with Crippen LogP contribution in [-0.2, 0) is 13.1 Å². The summed E-state index contributed by atoms with van der Waals surface area (Å²) in [6.07, 6.45) is 2.58. The number of imidazole rings is 1. The van der Waals surface area contributed by atoms with Crippen LogP contribution >= 0.6 is 0 Å². The fourth-order valence-corrected chi connectivity index (χ4v) is 3.36. The molecular formula is C22H22N8O. The van der Waals surface area contributed by atoms with Crippen LogP contribution in [-0.4, -0.2) is 33.0 Å². The number of aliphatic imine (C=N–C) groups is 2. The summed E-state index contributed by atoms with van der Waals surface area (Å²) in [7, 11) is 0. The second-order valence-corrected chi connectivity index (χ2v) is 7.12. The topological polar surface area (TPSA) is 142 Å². The molecule has 0 saturated heterocycles. The third-order valence-corrected chi connectivity index (χ3v) is 4.98. The van der Waals surface area contributed by atoms with Gasteiger partial charge in [-0.15, -0.1) is 0 Å². The van der Waals surface area contributed by atoms with Crippen LogP contribution in [0.25, 0.3) is 12.3 Å². The number of aromatic amines is 1. The van der Waals surface area contributed by atoms with Gasteiger partial charge >= 0.3 is 5.69 Å². The second-order valence-electron chi connectivity index (χ2n) is 7.12. The molecule has 0 saturated carbocycles. The van der Waals surface area contributed by atoms with Crippen molar-refractivity contribution < 1.29 is 0 Å². The van der Waals surface area contributed by atoms with E-state index in [1.165, 1.54) is 4.57 Å². The number of nitrogens with zero attached hydrogens (tertiary/aromatic N) is 4. The van der Waals surface area contributed by atoms with Gasteiger partial charge in [-0.1, -0.05) is 30.8 Å². The molecule has 0 aliphatic carbocycles. The minimum Gasteiger partial charge on any atom is -0.399 e. The predicted molar refractivity (Wildman–Crippen MR) is 124 cm³/mol. The number of benzene rings is 2. The summed E-state index contributed by atoms with van der Waals surface area (Å²) in [5, 5.41) is 8.41. The quantitative estimate of drug-likeness (QED) is 0.273. The van der Waals surface area contributed by atoms with Crippen LogP contribution in [0.3, 0.4) is 0 Å². The number of H-pyrrole nitrogens is 1. The van der Waals surface area contributed by atoms with Gasteiger partial charge in [0.25, 0.3) is 0 Å². The SMILES string of the molecule is C=c1c(=C2N=CN(Cc3ccc(N)cc3)C2=NC=N)[nH]c(=O)n1Cc1ccc(N)cc1. The molecule has 1 aliphatic heterocycles. The van der Waals surface area contributed by atoms with Crippen molar-refractivity contribution in [2.75, 3.05) is 11.5 Å². The first-order valence-corrected chi connectivity index (χ1v) is 9.55. The molecule has 0 bridgehead atoms. The van der Waals surface area contributed by atoms with Gasteiger partial charge < -0.3 is 21.4 Å². The molecule has 0 atom stereocenters. The van der Waals surface area contributed by atoms with Gasteiger partial charge in [0.2, 0.25) is 0 Å². The highest BCUT2D eigenvalue weighted by molar-refractivity contribution is 6.25. The summed E-state index contributed by atoms with van der Waals surface area (Å²) in [5.41, 5.74) is 14.9. The Balaban J connectivity index is 1.72. The number of nitrogens with one attached hydrogen (secondary N) is 2. The fraction of sp³-hybridized carbons (Fsp3) is 0.0909. The average molecular weight is 414 g/mol. The molecule has 9 heteroatoms. The first kappa shape index (κ1) is 19.9. The lowest BCUT2D eigenvalue weighted by molar-refractivity contribution is 0.636. The molecule has 2 heterocycles. The Labute approximate surface area is 177 Å². The molecule has 4 rings (SSSR count). The highest BCUT2D eigenvalue weighted by atomic mass is 16.1. The zero-order valence-electron chi connectivity index (χ0n) is 16.7. The van der Waals surface area contributed by atoms with E-state index in [0.717, 1.165) is 17.5 Å². The van der Waals surface area contributed by atoms with E-state index in [-0.39, 0.29) is 5.69 Å². The summed E-state index contributed by atoms with van der Waals surface area (Å²) in [4.78, 5) is 25.9. The van der Waals surface area contributed by atoms with Gasteiger partial charge in [0.15, 0.2) is 5.84 Å². The van der Waals surface area contributed by atoms with Gasteiger partial charge in [-0.3, -0.25) is 9.98 Å². The molecule has 9 nitrogen and oxygen atoms in total. The van der Waals surface area contributed by atoms with E-state index >= 15 is 0 Å². The summed E-state index contributed by atoms with van der Waals surface area (Å²) in [5.74, 6) is 0.456. The van der Waals surface area contributed by atoms with Gasteiger partial charge in [-0.2, -0.15) is 0 Å². The van der Waals surface area contributed by atoms with Crippen molar-refractivity contribution in [3.8, 4) is 0 Å². The van der Waals surface area contributed by atoms with Crippen LogP contribution < -0.4 is 27.9 Å². The third-order valence-electron chi connectivity index (χ3n) is 4.98. The Morgan fingerprint density at radius 1 is 1.03 bits per heavy atom. The molecule has 0 unspecified atom stereocenters. The Kier molecular flexibility index (Phi) is 5.23. The van der Waals surface area contributed by atoms with Gasteiger partial charge in [-0.25, -0.2) is 14.8 Å². The minimum atomic E-state index is -0.300. The number of hydrogen-bond donors (Lipinski definition) is 4. The second kappa shape index (κ2) is 8.15. The zero-order valence-corrected chi connectivity index (χ0v) is 16.7. The molecule has 0 fully saturated rings. The number of amidine groups is 1. The van der Waals surface area contributed by atoms with E-state index in [1.807, 2.05) is 36.4 Å². The van der Waals surface area contributed by atoms with E-state index in [4.69, 9.17) is 16.9 Å². The van der Waals surface area contributed by atoms with Crippen molar-refractivity contribution in [3.63, 3.8) is 0 Å². The van der Waals surface area contributed by atoms with E-state index in [1.54, 1.807) is 23.4 Å². The smallest absolute Gasteiger partial charge is 0.326 e. The zero-order chi connectivity index (χ0) is 22.0. The molecule has 1 aromatic heterocycles. The lowest BCUT2D eigenvalue weighted by atomic mass is 10.2. The molecule has 31 heavy (non-hydrogen) atoms. The van der Waals surface area contributed by atoms with Crippen molar-refractivity contribution in [3.05, 3.63) is 80.8 Å². The molecule has 3 aromatic rings. The molecule has 0 radical (unpaired) electrons. The molecular weight excluding hydrogens is 392 g/mol. The number of aromatic nitrogens is 2. The summed E-state index contributed by atoms with van der Waals surface area (Å²) in [6, 6.07) is 14.8. The number of anilines is 2. The summed E-state index contributed by atoms with van der Waals surface area (Å²) < 4.78 is 1.54. The van der Waals surface area contributed by atoms with Gasteiger partial charge in [0.05, 0.1) is 30.1 Å². The first-order chi connectivity index (χ1) is 15.0. The normalized spacial score (nSPS) is 16.3. The molecule has 2 aromatic carbocycles. The van der Waals surface area contributed by atoms with Crippen LogP contribution in [0.5, 0.6) is 0 Å². The number of nitrogens with two attached hydrogens (primary N) is 2. The summed E-state index contributed by atoms with van der Waals surface area (Å²) >= 11 is 0.